The van der Waals surface area contributed by atoms with Gasteiger partial charge in [-0.25, -0.2) is 0 Å². The Morgan fingerprint density at radius 2 is 1.86 bits per heavy atom. The molecule has 3 nitrogen and oxygen atoms in total. The van der Waals surface area contributed by atoms with E-state index in [9.17, 15) is 5.11 Å². The first kappa shape index (κ1) is 15.5. The molecule has 22 heavy (non-hydrogen) atoms. The third kappa shape index (κ3) is 3.87. The predicted molar refractivity (Wildman–Crippen MR) is 89.9 cm³/mol. The molecule has 116 valence electrons. The van der Waals surface area contributed by atoms with Crippen molar-refractivity contribution in [2.24, 2.45) is 0 Å². The van der Waals surface area contributed by atoms with Crippen LogP contribution in [-0.4, -0.2) is 35.7 Å². The number of nitrogens with zero attached hydrogens (tertiary/aromatic N) is 1. The van der Waals surface area contributed by atoms with E-state index in [1.54, 1.807) is 0 Å². The molecule has 0 bridgehead atoms. The molecule has 1 aliphatic heterocycles. The molecule has 3 rings (SSSR count). The topological polar surface area (TPSA) is 35.5 Å². The van der Waals surface area contributed by atoms with Crippen LogP contribution in [0.25, 0.3) is 0 Å². The Balaban J connectivity index is 1.63. The molecule has 0 aliphatic carbocycles. The molecule has 0 aromatic heterocycles. The highest BCUT2D eigenvalue weighted by molar-refractivity contribution is 6.30. The van der Waals surface area contributed by atoms with Crippen LogP contribution in [0.15, 0.2) is 54.6 Å². The van der Waals surface area contributed by atoms with Gasteiger partial charge in [0.25, 0.3) is 0 Å². The highest BCUT2D eigenvalue weighted by Crippen LogP contribution is 2.21. The number of halogens is 1. The maximum Gasteiger partial charge on any atom is 0.133 e. The minimum atomic E-state index is -0.572. The molecule has 0 radical (unpaired) electrons. The molecule has 4 heteroatoms. The quantitative estimate of drug-likeness (QED) is 0.910. The molecule has 0 saturated carbocycles. The van der Waals surface area contributed by atoms with E-state index in [-0.39, 0.29) is 0 Å². The van der Waals surface area contributed by atoms with Gasteiger partial charge in [0.2, 0.25) is 0 Å². The zero-order valence-corrected chi connectivity index (χ0v) is 13.2. The fourth-order valence-corrected chi connectivity index (χ4v) is 3.08. The zero-order chi connectivity index (χ0) is 15.4. The molecule has 2 aromatic rings. The molecular weight excluding hydrogens is 296 g/mol. The van der Waals surface area contributed by atoms with Crippen molar-refractivity contribution >= 4 is 11.6 Å². The SMILES string of the molecule is OC(c1ccc(Cl)cc1)N1CCN[C@@H](Cc2ccccc2)C1. The van der Waals surface area contributed by atoms with Gasteiger partial charge in [-0.3, -0.25) is 4.90 Å². The van der Waals surface area contributed by atoms with Gasteiger partial charge in [-0.05, 0) is 29.7 Å². The van der Waals surface area contributed by atoms with E-state index < -0.39 is 6.23 Å². The molecule has 0 amide bonds. The number of aliphatic hydroxyl groups excluding tert-OH is 1. The van der Waals surface area contributed by atoms with Crippen LogP contribution >= 0.6 is 11.6 Å². The Labute approximate surface area is 136 Å². The lowest BCUT2D eigenvalue weighted by Crippen LogP contribution is -2.52. The summed E-state index contributed by atoms with van der Waals surface area (Å²) in [7, 11) is 0. The molecule has 2 N–H and O–H groups in total. The molecule has 0 spiro atoms. The van der Waals surface area contributed by atoms with Crippen molar-refractivity contribution in [1.29, 1.82) is 0 Å². The first-order valence-electron chi connectivity index (χ1n) is 7.67. The van der Waals surface area contributed by atoms with Gasteiger partial charge >= 0.3 is 0 Å². The number of benzene rings is 2. The van der Waals surface area contributed by atoms with E-state index >= 15 is 0 Å². The Hall–Kier alpha value is -1.39. The van der Waals surface area contributed by atoms with E-state index in [1.807, 2.05) is 30.3 Å². The van der Waals surface area contributed by atoms with Crippen molar-refractivity contribution < 1.29 is 5.11 Å². The lowest BCUT2D eigenvalue weighted by Gasteiger charge is -2.36. The van der Waals surface area contributed by atoms with Crippen molar-refractivity contribution in [1.82, 2.24) is 10.2 Å². The molecule has 2 aromatic carbocycles. The summed E-state index contributed by atoms with van der Waals surface area (Å²) in [6, 6.07) is 18.3. The number of hydrogen-bond donors (Lipinski definition) is 2. The standard InChI is InChI=1S/C18H21ClN2O/c19-16-8-6-15(7-9-16)18(22)21-11-10-20-17(13-21)12-14-4-2-1-3-5-14/h1-9,17-18,20,22H,10-13H2/t17-,18?/m0/s1. The second-order valence-corrected chi connectivity index (χ2v) is 6.20. The average molecular weight is 317 g/mol. The Morgan fingerprint density at radius 3 is 2.59 bits per heavy atom. The fraction of sp³-hybridized carbons (Fsp3) is 0.333. The summed E-state index contributed by atoms with van der Waals surface area (Å²) in [5.74, 6) is 0. The Morgan fingerprint density at radius 1 is 1.14 bits per heavy atom. The van der Waals surface area contributed by atoms with E-state index in [0.717, 1.165) is 31.6 Å². The summed E-state index contributed by atoms with van der Waals surface area (Å²) < 4.78 is 0. The van der Waals surface area contributed by atoms with Gasteiger partial charge < -0.3 is 10.4 Å². The number of aliphatic hydroxyl groups is 1. The molecular formula is C18H21ClN2O. The molecule has 1 aliphatic rings. The van der Waals surface area contributed by atoms with Gasteiger partial charge in [0.1, 0.15) is 6.23 Å². The largest absolute Gasteiger partial charge is 0.374 e. The molecule has 1 heterocycles. The van der Waals surface area contributed by atoms with Crippen LogP contribution in [-0.2, 0) is 6.42 Å². The van der Waals surface area contributed by atoms with Crippen LogP contribution in [0, 0.1) is 0 Å². The van der Waals surface area contributed by atoms with Crippen LogP contribution in [0.5, 0.6) is 0 Å². The number of piperazine rings is 1. The van der Waals surface area contributed by atoms with Gasteiger partial charge in [0, 0.05) is 30.7 Å². The summed E-state index contributed by atoms with van der Waals surface area (Å²) in [4.78, 5) is 2.12. The van der Waals surface area contributed by atoms with E-state index in [1.165, 1.54) is 5.56 Å². The molecule has 1 saturated heterocycles. The van der Waals surface area contributed by atoms with Crippen LogP contribution < -0.4 is 5.32 Å². The predicted octanol–water partition coefficient (Wildman–Crippen LogP) is 2.85. The summed E-state index contributed by atoms with van der Waals surface area (Å²) in [5, 5.41) is 14.8. The lowest BCUT2D eigenvalue weighted by atomic mass is 10.0. The monoisotopic (exact) mass is 316 g/mol. The van der Waals surface area contributed by atoms with Crippen molar-refractivity contribution in [3.05, 3.63) is 70.7 Å². The minimum Gasteiger partial charge on any atom is -0.374 e. The zero-order valence-electron chi connectivity index (χ0n) is 12.5. The van der Waals surface area contributed by atoms with Crippen molar-refractivity contribution in [3.63, 3.8) is 0 Å². The highest BCUT2D eigenvalue weighted by atomic mass is 35.5. The minimum absolute atomic E-state index is 0.359. The Bertz CT molecular complexity index is 588. The van der Waals surface area contributed by atoms with E-state index in [4.69, 9.17) is 11.6 Å². The lowest BCUT2D eigenvalue weighted by molar-refractivity contribution is -0.0154. The molecule has 2 atom stereocenters. The summed E-state index contributed by atoms with van der Waals surface area (Å²) in [6.45, 7) is 2.57. The third-order valence-corrected chi connectivity index (χ3v) is 4.38. The summed E-state index contributed by atoms with van der Waals surface area (Å²) in [6.07, 6.45) is 0.405. The van der Waals surface area contributed by atoms with Gasteiger partial charge in [-0.15, -0.1) is 0 Å². The average Bonchev–Trinajstić information content (AvgIpc) is 2.56. The van der Waals surface area contributed by atoms with Crippen LogP contribution in [0.2, 0.25) is 5.02 Å². The Kier molecular flexibility index (Phi) is 5.11. The maximum absolute atomic E-state index is 10.6. The summed E-state index contributed by atoms with van der Waals surface area (Å²) >= 11 is 5.91. The van der Waals surface area contributed by atoms with Gasteiger partial charge in [0.05, 0.1) is 0 Å². The van der Waals surface area contributed by atoms with Crippen molar-refractivity contribution in [2.45, 2.75) is 18.7 Å². The number of nitrogens with one attached hydrogen (secondary N) is 1. The van der Waals surface area contributed by atoms with Gasteiger partial charge in [-0.2, -0.15) is 0 Å². The first-order chi connectivity index (χ1) is 10.7. The van der Waals surface area contributed by atoms with E-state index in [0.29, 0.717) is 11.1 Å². The first-order valence-corrected chi connectivity index (χ1v) is 8.05. The second-order valence-electron chi connectivity index (χ2n) is 5.76. The summed E-state index contributed by atoms with van der Waals surface area (Å²) in [5.41, 5.74) is 2.22. The van der Waals surface area contributed by atoms with Crippen LogP contribution in [0.1, 0.15) is 17.4 Å². The van der Waals surface area contributed by atoms with E-state index in [2.05, 4.69) is 34.5 Å². The van der Waals surface area contributed by atoms with Gasteiger partial charge in [0.15, 0.2) is 0 Å². The second kappa shape index (κ2) is 7.25. The fourth-order valence-electron chi connectivity index (χ4n) is 2.95. The van der Waals surface area contributed by atoms with Gasteiger partial charge in [-0.1, -0.05) is 54.1 Å². The van der Waals surface area contributed by atoms with Crippen molar-refractivity contribution in [2.75, 3.05) is 19.6 Å². The molecule has 1 fully saturated rings. The third-order valence-electron chi connectivity index (χ3n) is 4.13. The maximum atomic E-state index is 10.6. The number of rotatable bonds is 4. The normalized spacial score (nSPS) is 20.7. The van der Waals surface area contributed by atoms with Crippen molar-refractivity contribution in [3.8, 4) is 0 Å². The number of hydrogen-bond acceptors (Lipinski definition) is 3. The highest BCUT2D eigenvalue weighted by Gasteiger charge is 2.25. The van der Waals surface area contributed by atoms with Crippen LogP contribution in [0.3, 0.4) is 0 Å². The molecule has 1 unspecified atom stereocenters. The van der Waals surface area contributed by atoms with Crippen LogP contribution in [0.4, 0.5) is 0 Å². The smallest absolute Gasteiger partial charge is 0.133 e.